The zero-order valence-corrected chi connectivity index (χ0v) is 27.8. The van der Waals surface area contributed by atoms with E-state index in [1.54, 1.807) is 16.2 Å². The van der Waals surface area contributed by atoms with E-state index in [0.717, 1.165) is 38.9 Å². The summed E-state index contributed by atoms with van der Waals surface area (Å²) in [6, 6.07) is 44.3. The van der Waals surface area contributed by atoms with E-state index >= 15 is 0 Å². The molecule has 1 aliphatic rings. The largest absolute Gasteiger partial charge is 0.328 e. The maximum atomic E-state index is 12.5. The van der Waals surface area contributed by atoms with Gasteiger partial charge in [-0.1, -0.05) is 123 Å². The summed E-state index contributed by atoms with van der Waals surface area (Å²) >= 11 is 0. The predicted octanol–water partition coefficient (Wildman–Crippen LogP) is 9.19. The third-order valence-corrected chi connectivity index (χ3v) is 10.2. The Kier molecular flexibility index (Phi) is 6.33. The van der Waals surface area contributed by atoms with Crippen molar-refractivity contribution in [2.75, 3.05) is 0 Å². The van der Waals surface area contributed by atoms with Gasteiger partial charge in [0.2, 0.25) is 0 Å². The molecule has 0 radical (unpaired) electrons. The number of aryl methyl sites for hydroxylation is 2. The van der Waals surface area contributed by atoms with Crippen LogP contribution in [0.25, 0.3) is 78.2 Å². The minimum atomic E-state index is -0.190. The lowest BCUT2D eigenvalue weighted by Gasteiger charge is -2.23. The fourth-order valence-corrected chi connectivity index (χ4v) is 7.59. The summed E-state index contributed by atoms with van der Waals surface area (Å²) in [5.74, 6) is 1.89. The van der Waals surface area contributed by atoms with Gasteiger partial charge in [0.05, 0.1) is 11.0 Å². The number of nitrogens with zero attached hydrogens (tertiary/aromatic N) is 5. The average molecular weight is 636 g/mol. The zero-order valence-electron chi connectivity index (χ0n) is 27.8. The van der Waals surface area contributed by atoms with Crippen LogP contribution < -0.4 is 5.69 Å². The van der Waals surface area contributed by atoms with E-state index < -0.39 is 0 Å². The van der Waals surface area contributed by atoms with Crippen LogP contribution in [0.2, 0.25) is 0 Å². The quantitative estimate of drug-likeness (QED) is 0.193. The molecule has 0 aliphatic heterocycles. The second-order valence-corrected chi connectivity index (χ2v) is 13.4. The third-order valence-electron chi connectivity index (χ3n) is 10.2. The standard InChI is InChI=1S/C43H33N5O/c1-43(2)35-24-31(19-21-33(35)34-22-18-27-10-8-9-13-32(27)38(34)43)41-45-39(28-11-6-5-7-12-28)44-40(46-41)29-16-14-26(15-17-29)30-20-23-36-37(25-30)48(4)42(49)47(36)3/h5-25H,1-4H3. The van der Waals surface area contributed by atoms with Gasteiger partial charge in [0.25, 0.3) is 0 Å². The Morgan fingerprint density at radius 2 is 1.08 bits per heavy atom. The molecule has 0 N–H and O–H groups in total. The summed E-state index contributed by atoms with van der Waals surface area (Å²) < 4.78 is 3.36. The number of benzene rings is 6. The summed E-state index contributed by atoms with van der Waals surface area (Å²) in [6.07, 6.45) is 0. The smallest absolute Gasteiger partial charge is 0.295 e. The average Bonchev–Trinajstić information content (AvgIpc) is 3.52. The van der Waals surface area contributed by atoms with Crippen LogP contribution in [-0.2, 0) is 19.5 Å². The number of aromatic nitrogens is 5. The van der Waals surface area contributed by atoms with Gasteiger partial charge in [-0.15, -0.1) is 0 Å². The molecule has 0 saturated carbocycles. The molecule has 1 aliphatic carbocycles. The van der Waals surface area contributed by atoms with Gasteiger partial charge in [-0.2, -0.15) is 0 Å². The van der Waals surface area contributed by atoms with Crippen molar-refractivity contribution >= 4 is 21.8 Å². The van der Waals surface area contributed by atoms with Crippen LogP contribution in [0.15, 0.2) is 132 Å². The monoisotopic (exact) mass is 635 g/mol. The molecule has 49 heavy (non-hydrogen) atoms. The molecule has 2 aromatic heterocycles. The van der Waals surface area contributed by atoms with Gasteiger partial charge in [0.1, 0.15) is 0 Å². The fourth-order valence-electron chi connectivity index (χ4n) is 7.59. The first kappa shape index (κ1) is 29.0. The van der Waals surface area contributed by atoms with E-state index in [2.05, 4.69) is 105 Å². The van der Waals surface area contributed by atoms with Gasteiger partial charge in [-0.05, 0) is 62.4 Å². The lowest BCUT2D eigenvalue weighted by atomic mass is 9.80. The predicted molar refractivity (Wildman–Crippen MR) is 198 cm³/mol. The van der Waals surface area contributed by atoms with Crippen LogP contribution in [0.5, 0.6) is 0 Å². The highest BCUT2D eigenvalue weighted by molar-refractivity contribution is 5.98. The number of imidazole rings is 1. The van der Waals surface area contributed by atoms with Crippen LogP contribution in [-0.4, -0.2) is 24.1 Å². The molecule has 8 aromatic rings. The first-order valence-corrected chi connectivity index (χ1v) is 16.5. The van der Waals surface area contributed by atoms with E-state index in [1.807, 2.05) is 43.4 Å². The molecule has 0 amide bonds. The maximum absolute atomic E-state index is 12.5. The van der Waals surface area contributed by atoms with Crippen molar-refractivity contribution < 1.29 is 0 Å². The number of hydrogen-bond donors (Lipinski definition) is 0. The minimum Gasteiger partial charge on any atom is -0.295 e. The summed E-state index contributed by atoms with van der Waals surface area (Å²) in [5.41, 5.74) is 11.7. The normalized spacial score (nSPS) is 13.1. The Morgan fingerprint density at radius 3 is 1.84 bits per heavy atom. The van der Waals surface area contributed by atoms with Crippen LogP contribution >= 0.6 is 0 Å². The van der Waals surface area contributed by atoms with Crippen LogP contribution in [0, 0.1) is 0 Å². The van der Waals surface area contributed by atoms with Crippen molar-refractivity contribution in [3.05, 3.63) is 149 Å². The number of hydrogen-bond acceptors (Lipinski definition) is 4. The first-order chi connectivity index (χ1) is 23.8. The minimum absolute atomic E-state index is 0.0349. The van der Waals surface area contributed by atoms with Crippen molar-refractivity contribution in [1.29, 1.82) is 0 Å². The number of rotatable bonds is 4. The topological polar surface area (TPSA) is 65.6 Å². The highest BCUT2D eigenvalue weighted by Crippen LogP contribution is 2.52. The molecule has 6 heteroatoms. The van der Waals surface area contributed by atoms with E-state index in [-0.39, 0.29) is 11.1 Å². The zero-order chi connectivity index (χ0) is 33.4. The second kappa shape index (κ2) is 10.7. The molecule has 0 atom stereocenters. The fraction of sp³-hybridized carbons (Fsp3) is 0.116. The maximum Gasteiger partial charge on any atom is 0.328 e. The molecule has 0 bridgehead atoms. The van der Waals surface area contributed by atoms with Crippen molar-refractivity contribution in [3.63, 3.8) is 0 Å². The summed E-state index contributed by atoms with van der Waals surface area (Å²) in [5, 5.41) is 2.56. The molecule has 0 spiro atoms. The summed E-state index contributed by atoms with van der Waals surface area (Å²) in [7, 11) is 3.61. The molecular weight excluding hydrogens is 603 g/mol. The van der Waals surface area contributed by atoms with Gasteiger partial charge in [0, 0.05) is 36.2 Å². The van der Waals surface area contributed by atoms with Gasteiger partial charge < -0.3 is 0 Å². The van der Waals surface area contributed by atoms with Crippen LogP contribution in [0.4, 0.5) is 0 Å². The van der Waals surface area contributed by atoms with Gasteiger partial charge in [-0.25, -0.2) is 19.7 Å². The Labute approximate surface area is 284 Å². The van der Waals surface area contributed by atoms with Crippen LogP contribution in [0.3, 0.4) is 0 Å². The molecule has 0 unspecified atom stereocenters. The van der Waals surface area contributed by atoms with E-state index in [4.69, 9.17) is 15.0 Å². The lowest BCUT2D eigenvalue weighted by molar-refractivity contribution is 0.666. The third kappa shape index (κ3) is 4.48. The van der Waals surface area contributed by atoms with Gasteiger partial charge >= 0.3 is 5.69 Å². The molecule has 0 fully saturated rings. The summed E-state index contributed by atoms with van der Waals surface area (Å²) in [4.78, 5) is 27.6. The van der Waals surface area contributed by atoms with Crippen molar-refractivity contribution in [2.45, 2.75) is 19.3 Å². The molecule has 0 saturated heterocycles. The van der Waals surface area contributed by atoms with Gasteiger partial charge in [0.15, 0.2) is 17.5 Å². The van der Waals surface area contributed by atoms with Gasteiger partial charge in [-0.3, -0.25) is 9.13 Å². The molecule has 2 heterocycles. The Morgan fingerprint density at radius 1 is 0.510 bits per heavy atom. The van der Waals surface area contributed by atoms with Crippen molar-refractivity contribution in [3.8, 4) is 56.4 Å². The van der Waals surface area contributed by atoms with Crippen molar-refractivity contribution in [1.82, 2.24) is 24.1 Å². The highest BCUT2D eigenvalue weighted by Gasteiger charge is 2.37. The van der Waals surface area contributed by atoms with E-state index in [9.17, 15) is 4.79 Å². The molecular formula is C43H33N5O. The Hall–Kier alpha value is -6.14. The molecule has 6 nitrogen and oxygen atoms in total. The summed E-state index contributed by atoms with van der Waals surface area (Å²) in [6.45, 7) is 4.64. The molecule has 6 aromatic carbocycles. The van der Waals surface area contributed by atoms with E-state index in [1.165, 1.54) is 33.0 Å². The first-order valence-electron chi connectivity index (χ1n) is 16.5. The molecule has 236 valence electrons. The molecule has 9 rings (SSSR count). The van der Waals surface area contributed by atoms with Crippen LogP contribution in [0.1, 0.15) is 25.0 Å². The lowest BCUT2D eigenvalue weighted by Crippen LogP contribution is -2.19. The highest BCUT2D eigenvalue weighted by atomic mass is 16.1. The SMILES string of the molecule is Cn1c(=O)n(C)c2cc(-c3ccc(-c4nc(-c5ccccc5)nc(-c5ccc6c(c5)C(C)(C)c5c-6ccc6ccccc56)n4)cc3)ccc21. The second-order valence-electron chi connectivity index (χ2n) is 13.4. The number of fused-ring (bicyclic) bond motifs is 6. The van der Waals surface area contributed by atoms with E-state index in [0.29, 0.717) is 17.5 Å². The van der Waals surface area contributed by atoms with Crippen molar-refractivity contribution in [2.24, 2.45) is 14.1 Å². The Balaban J connectivity index is 1.14. The Bertz CT molecular complexity index is 2670.